The lowest BCUT2D eigenvalue weighted by atomic mass is 10.0. The SMILES string of the molecule is NC(=O)c1cnc(Nc2ccc(Sc3ccccc3)cc2)cc1N[C@@H]1CCNC[C@@H]1F. The zero-order valence-corrected chi connectivity index (χ0v) is 17.7. The molecule has 4 rings (SSSR count). The second kappa shape index (κ2) is 9.80. The Balaban J connectivity index is 1.48. The molecule has 6 nitrogen and oxygen atoms in total. The largest absolute Gasteiger partial charge is 0.378 e. The highest BCUT2D eigenvalue weighted by atomic mass is 32.2. The molecule has 0 bridgehead atoms. The van der Waals surface area contributed by atoms with Crippen molar-refractivity contribution in [2.75, 3.05) is 23.7 Å². The Morgan fingerprint density at radius 1 is 1.13 bits per heavy atom. The number of nitrogens with one attached hydrogen (secondary N) is 3. The number of halogens is 1. The fourth-order valence-electron chi connectivity index (χ4n) is 3.40. The molecule has 0 saturated carbocycles. The maximum atomic E-state index is 14.2. The molecule has 5 N–H and O–H groups in total. The van der Waals surface area contributed by atoms with Crippen LogP contribution >= 0.6 is 11.8 Å². The monoisotopic (exact) mass is 437 g/mol. The first kappa shape index (κ1) is 21.1. The van der Waals surface area contributed by atoms with Gasteiger partial charge in [0.2, 0.25) is 0 Å². The number of alkyl halides is 1. The standard InChI is InChI=1S/C23H24FN5OS/c24-19-14-26-11-10-20(19)29-21-12-22(27-13-18(21)23(25)30)28-15-6-8-17(9-7-15)31-16-4-2-1-3-5-16/h1-9,12-13,19-20,26H,10-11,14H2,(H2,25,30)(H2,27,28,29)/t19-,20+/m0/s1. The lowest BCUT2D eigenvalue weighted by Gasteiger charge is -2.29. The minimum absolute atomic E-state index is 0.242. The van der Waals surface area contributed by atoms with Crippen molar-refractivity contribution in [3.05, 3.63) is 72.4 Å². The fraction of sp³-hybridized carbons (Fsp3) is 0.217. The summed E-state index contributed by atoms with van der Waals surface area (Å²) in [6.07, 6.45) is 0.986. The molecule has 2 heterocycles. The highest BCUT2D eigenvalue weighted by Crippen LogP contribution is 2.29. The fourth-order valence-corrected chi connectivity index (χ4v) is 4.24. The third kappa shape index (κ3) is 5.53. The molecule has 1 saturated heterocycles. The number of pyridine rings is 1. The van der Waals surface area contributed by atoms with Gasteiger partial charge in [-0.3, -0.25) is 4.79 Å². The van der Waals surface area contributed by atoms with Crippen molar-refractivity contribution in [2.45, 2.75) is 28.4 Å². The van der Waals surface area contributed by atoms with Crippen LogP contribution in [-0.2, 0) is 0 Å². The predicted octanol–water partition coefficient (Wildman–Crippen LogP) is 4.19. The van der Waals surface area contributed by atoms with Crippen LogP contribution in [-0.4, -0.2) is 36.2 Å². The van der Waals surface area contributed by atoms with E-state index in [-0.39, 0.29) is 18.2 Å². The van der Waals surface area contributed by atoms with Gasteiger partial charge >= 0.3 is 0 Å². The van der Waals surface area contributed by atoms with E-state index >= 15 is 0 Å². The number of piperidine rings is 1. The zero-order chi connectivity index (χ0) is 21.6. The van der Waals surface area contributed by atoms with E-state index in [1.165, 1.54) is 11.1 Å². The van der Waals surface area contributed by atoms with E-state index in [9.17, 15) is 9.18 Å². The van der Waals surface area contributed by atoms with Crippen LogP contribution in [0.3, 0.4) is 0 Å². The molecular formula is C23H24FN5OS. The Kier molecular flexibility index (Phi) is 6.69. The third-order valence-electron chi connectivity index (χ3n) is 5.02. The molecule has 0 unspecified atom stereocenters. The highest BCUT2D eigenvalue weighted by Gasteiger charge is 2.25. The summed E-state index contributed by atoms with van der Waals surface area (Å²) in [6.45, 7) is 1.00. The minimum atomic E-state index is -1.05. The molecule has 1 fully saturated rings. The third-order valence-corrected chi connectivity index (χ3v) is 6.04. The summed E-state index contributed by atoms with van der Waals surface area (Å²) in [5, 5.41) is 9.39. The molecule has 1 aliphatic rings. The molecular weight excluding hydrogens is 413 g/mol. The van der Waals surface area contributed by atoms with Crippen LogP contribution in [0.15, 0.2) is 76.7 Å². The number of rotatable bonds is 7. The molecule has 0 radical (unpaired) electrons. The maximum Gasteiger partial charge on any atom is 0.252 e. The van der Waals surface area contributed by atoms with Gasteiger partial charge in [-0.15, -0.1) is 0 Å². The summed E-state index contributed by atoms with van der Waals surface area (Å²) >= 11 is 1.68. The first-order valence-corrected chi connectivity index (χ1v) is 10.9. The van der Waals surface area contributed by atoms with E-state index in [0.29, 0.717) is 24.5 Å². The van der Waals surface area contributed by atoms with Crippen molar-refractivity contribution >= 4 is 34.9 Å². The summed E-state index contributed by atoms with van der Waals surface area (Å²) in [7, 11) is 0. The van der Waals surface area contributed by atoms with Crippen molar-refractivity contribution in [3.8, 4) is 0 Å². The van der Waals surface area contributed by atoms with Gasteiger partial charge in [-0.05, 0) is 49.4 Å². The number of benzene rings is 2. The van der Waals surface area contributed by atoms with E-state index in [1.807, 2.05) is 42.5 Å². The van der Waals surface area contributed by atoms with Gasteiger partial charge in [0.25, 0.3) is 5.91 Å². The highest BCUT2D eigenvalue weighted by molar-refractivity contribution is 7.99. The molecule has 8 heteroatoms. The number of nitrogens with zero attached hydrogens (tertiary/aromatic N) is 1. The smallest absolute Gasteiger partial charge is 0.252 e. The van der Waals surface area contributed by atoms with Crippen molar-refractivity contribution in [1.82, 2.24) is 10.3 Å². The Labute approximate surface area is 184 Å². The van der Waals surface area contributed by atoms with Crippen LogP contribution in [0.4, 0.5) is 21.6 Å². The van der Waals surface area contributed by atoms with Gasteiger partial charge < -0.3 is 21.7 Å². The van der Waals surface area contributed by atoms with Crippen LogP contribution in [0.5, 0.6) is 0 Å². The second-order valence-corrected chi connectivity index (χ2v) is 8.45. The summed E-state index contributed by atoms with van der Waals surface area (Å²) in [4.78, 5) is 18.4. The van der Waals surface area contributed by atoms with Crippen molar-refractivity contribution in [1.29, 1.82) is 0 Å². The second-order valence-electron chi connectivity index (χ2n) is 7.30. The Hall–Kier alpha value is -3.10. The first-order chi connectivity index (χ1) is 15.1. The van der Waals surface area contributed by atoms with E-state index in [2.05, 4.69) is 33.1 Å². The van der Waals surface area contributed by atoms with Crippen LogP contribution in [0, 0.1) is 0 Å². The van der Waals surface area contributed by atoms with Gasteiger partial charge in [-0.2, -0.15) is 0 Å². The van der Waals surface area contributed by atoms with E-state index in [4.69, 9.17) is 5.73 Å². The van der Waals surface area contributed by atoms with Crippen LogP contribution < -0.4 is 21.7 Å². The zero-order valence-electron chi connectivity index (χ0n) is 16.8. The predicted molar refractivity (Wildman–Crippen MR) is 123 cm³/mol. The molecule has 0 aliphatic carbocycles. The summed E-state index contributed by atoms with van der Waals surface area (Å²) in [5.74, 6) is -0.0616. The van der Waals surface area contributed by atoms with Crippen molar-refractivity contribution < 1.29 is 9.18 Å². The number of nitrogens with two attached hydrogens (primary N) is 1. The minimum Gasteiger partial charge on any atom is -0.378 e. The van der Waals surface area contributed by atoms with Gasteiger partial charge in [-0.1, -0.05) is 30.0 Å². The molecule has 2 aromatic carbocycles. The molecule has 1 aliphatic heterocycles. The van der Waals surface area contributed by atoms with Crippen LogP contribution in [0.1, 0.15) is 16.8 Å². The number of anilines is 3. The summed E-state index contributed by atoms with van der Waals surface area (Å²) < 4.78 is 14.2. The molecule has 3 aromatic rings. The topological polar surface area (TPSA) is 92.1 Å². The quantitative estimate of drug-likeness (QED) is 0.443. The number of primary amides is 1. The molecule has 0 spiro atoms. The van der Waals surface area contributed by atoms with Gasteiger partial charge in [0, 0.05) is 34.3 Å². The lowest BCUT2D eigenvalue weighted by Crippen LogP contribution is -2.45. The molecule has 31 heavy (non-hydrogen) atoms. The average molecular weight is 438 g/mol. The number of aromatic nitrogens is 1. The van der Waals surface area contributed by atoms with Gasteiger partial charge in [0.05, 0.1) is 17.3 Å². The van der Waals surface area contributed by atoms with Gasteiger partial charge in [0.1, 0.15) is 12.0 Å². The number of amides is 1. The number of hydrogen-bond donors (Lipinski definition) is 4. The van der Waals surface area contributed by atoms with Crippen LogP contribution in [0.2, 0.25) is 0 Å². The number of carbonyl (C=O) groups is 1. The molecule has 1 aromatic heterocycles. The lowest BCUT2D eigenvalue weighted by molar-refractivity contribution is 0.100. The van der Waals surface area contributed by atoms with E-state index < -0.39 is 12.1 Å². The van der Waals surface area contributed by atoms with Gasteiger partial charge in [-0.25, -0.2) is 9.37 Å². The number of hydrogen-bond acceptors (Lipinski definition) is 6. The Bertz CT molecular complexity index is 1030. The molecule has 1 amide bonds. The average Bonchev–Trinajstić information content (AvgIpc) is 2.77. The van der Waals surface area contributed by atoms with Crippen molar-refractivity contribution in [3.63, 3.8) is 0 Å². The first-order valence-electron chi connectivity index (χ1n) is 10.1. The van der Waals surface area contributed by atoms with Gasteiger partial charge in [0.15, 0.2) is 0 Å². The summed E-state index contributed by atoms with van der Waals surface area (Å²) in [5.41, 5.74) is 7.07. The maximum absolute atomic E-state index is 14.2. The van der Waals surface area contributed by atoms with E-state index in [0.717, 1.165) is 10.6 Å². The molecule has 2 atom stereocenters. The Morgan fingerprint density at radius 3 is 2.58 bits per heavy atom. The number of carbonyl (C=O) groups excluding carboxylic acids is 1. The summed E-state index contributed by atoms with van der Waals surface area (Å²) in [6, 6.07) is 19.5. The van der Waals surface area contributed by atoms with Crippen LogP contribution in [0.25, 0.3) is 0 Å². The van der Waals surface area contributed by atoms with Crippen molar-refractivity contribution in [2.24, 2.45) is 5.73 Å². The molecule has 160 valence electrons. The normalized spacial score (nSPS) is 18.4. The Morgan fingerprint density at radius 2 is 1.87 bits per heavy atom. The van der Waals surface area contributed by atoms with E-state index in [1.54, 1.807) is 17.8 Å².